The van der Waals surface area contributed by atoms with Crippen molar-refractivity contribution in [2.75, 3.05) is 45.8 Å². The lowest BCUT2D eigenvalue weighted by molar-refractivity contribution is -0.145. The molecule has 0 aromatic carbocycles. The van der Waals surface area contributed by atoms with Crippen molar-refractivity contribution in [2.24, 2.45) is 52.0 Å². The van der Waals surface area contributed by atoms with Crippen LogP contribution in [-0.2, 0) is 86.3 Å². The van der Waals surface area contributed by atoms with Crippen LogP contribution in [0.2, 0.25) is 0 Å². The summed E-state index contributed by atoms with van der Waals surface area (Å²) in [5.41, 5.74) is 39.5. The van der Waals surface area contributed by atoms with Gasteiger partial charge in [-0.05, 0) is 174 Å². The molecule has 0 bridgehead atoms. The van der Waals surface area contributed by atoms with Crippen LogP contribution in [0.3, 0.4) is 0 Å². The number of guanidine groups is 1. The smallest absolute Gasteiger partial charge is 0.326 e. The Labute approximate surface area is 674 Å². The molecule has 0 unspecified atom stereocenters. The van der Waals surface area contributed by atoms with E-state index >= 15 is 0 Å². The first-order chi connectivity index (χ1) is 54.7. The molecule has 3 rings (SSSR count). The van der Waals surface area contributed by atoms with Crippen molar-refractivity contribution in [3.05, 3.63) is 0 Å². The minimum absolute atomic E-state index is 0.00456. The summed E-state index contributed by atoms with van der Waals surface area (Å²) in [6, 6.07) is -19.9. The van der Waals surface area contributed by atoms with Gasteiger partial charge in [-0.25, -0.2) is 4.79 Å². The van der Waals surface area contributed by atoms with E-state index in [4.69, 9.17) is 45.5 Å². The zero-order chi connectivity index (χ0) is 87.2. The molecule has 43 nitrogen and oxygen atoms in total. The summed E-state index contributed by atoms with van der Waals surface area (Å²) in [4.78, 5) is 248. The Morgan fingerprint density at radius 3 is 1.16 bits per heavy atom. The van der Waals surface area contributed by atoms with Gasteiger partial charge in [0.05, 0.1) is 6.04 Å². The fourth-order valence-electron chi connectivity index (χ4n) is 13.4. The van der Waals surface area contributed by atoms with Crippen LogP contribution in [0.15, 0.2) is 0 Å². The summed E-state index contributed by atoms with van der Waals surface area (Å²) in [6.07, 6.45) is 1.64. The van der Waals surface area contributed by atoms with Gasteiger partial charge in [0.2, 0.25) is 94.5 Å². The van der Waals surface area contributed by atoms with Crippen LogP contribution in [0.5, 0.6) is 0 Å². The summed E-state index contributed by atoms with van der Waals surface area (Å²) in [5.74, 6) is -17.4. The zero-order valence-electron chi connectivity index (χ0n) is 67.7. The molecule has 43 heteroatoms. The number of rotatable bonds is 53. The SMILES string of the molecule is CC(C)[C@H](NC(=O)[C@H](CCCCN)NC(=O)[C@H](CCCNC(=N)N)NC(=O)[C@@H]1CCCN1C(=O)[C@H](CCCCN)NC(=O)[C@H](C)NC(=O)[C@H](CCC(N)=O)NC(=O)[C@@H]1CCCN1C(=O)[C@@H](NC(=O)[C@@H]1CCCN1C(=O)[C@H](CCC(=O)O)NC(=O)[C@@H](N)CCCCN)C(C)C)C(=O)N[C@@H](C)C(=O)N[C@@H](C)C(=O)N[C@@H](CCC(N)=O)C(=O)O. The number of carbonyl (C=O) groups excluding carboxylic acids is 16. The van der Waals surface area contributed by atoms with E-state index in [1.54, 1.807) is 27.7 Å². The third-order valence-electron chi connectivity index (χ3n) is 20.2. The second-order valence-electron chi connectivity index (χ2n) is 30.3. The second-order valence-corrected chi connectivity index (χ2v) is 30.3. The number of nitrogens with two attached hydrogens (primary N) is 7. The molecular formula is C73H127N23O20. The standard InChI is InChI=1S/C73H127N23O20/c1-38(2)56(68(111)85-40(5)58(101)83-41(6)60(103)91-49(72(115)116)26-29-54(79)98)92-64(107)44(19-9-12-32-75)86-63(106)45(21-14-34-82-73(80)81)87-65(108)50-22-15-35-94(50)69(112)47(20-10-13-33-76)89-59(102)42(7)84-62(105)46(25-28-53(78)97)88-66(109)51-23-17-37-96(51)71(114)57(39(3)4)93-67(110)52-24-16-36-95(52)70(113)48(27-30-55(99)100)90-61(104)43(77)18-8-11-31-74/h38-52,56-57H,8-37,74-77H2,1-7H3,(H2,78,97)(H2,79,98)(H,83,101)(H,84,105)(H,85,111)(H,86,106)(H,87,108)(H,88,109)(H,89,102)(H,90,104)(H,91,103)(H,92,107)(H,93,110)(H,99,100)(H,115,116)(H4,80,81,82)/t40-,41-,42-,43-,44-,45-,46-,47-,48-,49-,50-,51-,52-,56-,57-/m0/s1. The number of amides is 16. The first-order valence-electron chi connectivity index (χ1n) is 39.9. The summed E-state index contributed by atoms with van der Waals surface area (Å²) in [5, 5.41) is 57.6. The van der Waals surface area contributed by atoms with Gasteiger partial charge in [-0.15, -0.1) is 0 Å². The molecule has 3 fully saturated rings. The van der Waals surface area contributed by atoms with Crippen molar-refractivity contribution in [3.8, 4) is 0 Å². The van der Waals surface area contributed by atoms with Crippen LogP contribution in [0.4, 0.5) is 0 Å². The first kappa shape index (κ1) is 99.8. The van der Waals surface area contributed by atoms with Gasteiger partial charge in [0.25, 0.3) is 0 Å². The molecule has 15 atom stereocenters. The summed E-state index contributed by atoms with van der Waals surface area (Å²) < 4.78 is 0. The number of nitrogens with zero attached hydrogens (tertiary/aromatic N) is 3. The Balaban J connectivity index is 1.82. The highest BCUT2D eigenvalue weighted by molar-refractivity contribution is 6.01. The van der Waals surface area contributed by atoms with E-state index in [2.05, 4.69) is 63.8 Å². The number of nitrogens with one attached hydrogen (secondary N) is 13. The van der Waals surface area contributed by atoms with Gasteiger partial charge in [-0.2, -0.15) is 0 Å². The monoisotopic (exact) mass is 1650 g/mol. The number of unbranched alkanes of at least 4 members (excludes halogenated alkanes) is 3. The lowest BCUT2D eigenvalue weighted by Gasteiger charge is -2.33. The fraction of sp³-hybridized carbons (Fsp3) is 0.740. The van der Waals surface area contributed by atoms with Gasteiger partial charge in [0.15, 0.2) is 5.96 Å². The van der Waals surface area contributed by atoms with Gasteiger partial charge in [0.1, 0.15) is 84.6 Å². The number of hydrogen-bond donors (Lipinski definition) is 22. The molecular weight excluding hydrogens is 1520 g/mol. The number of carbonyl (C=O) groups is 18. The molecule has 16 amide bonds. The summed E-state index contributed by atoms with van der Waals surface area (Å²) in [6.45, 7) is 11.2. The topological polar surface area (TPSA) is 708 Å². The van der Waals surface area contributed by atoms with Gasteiger partial charge in [-0.3, -0.25) is 86.9 Å². The number of primary amides is 2. The predicted molar refractivity (Wildman–Crippen MR) is 419 cm³/mol. The molecule has 29 N–H and O–H groups in total. The molecule has 0 aromatic rings. The average Bonchev–Trinajstić information content (AvgIpc) is 1.63. The Morgan fingerprint density at radius 2 is 0.716 bits per heavy atom. The molecule has 0 aromatic heterocycles. The van der Waals surface area contributed by atoms with E-state index < -0.39 is 228 Å². The molecule has 3 heterocycles. The molecule has 0 aliphatic carbocycles. The lowest BCUT2D eigenvalue weighted by Crippen LogP contribution is -2.61. The maximum absolute atomic E-state index is 14.8. The van der Waals surface area contributed by atoms with Crippen LogP contribution in [-0.4, -0.2) is 274 Å². The minimum Gasteiger partial charge on any atom is -0.481 e. The molecule has 0 radical (unpaired) electrons. The summed E-state index contributed by atoms with van der Waals surface area (Å²) in [7, 11) is 0. The van der Waals surface area contributed by atoms with E-state index in [0.29, 0.717) is 45.1 Å². The molecule has 3 aliphatic heterocycles. The van der Waals surface area contributed by atoms with Crippen molar-refractivity contribution >= 4 is 112 Å². The predicted octanol–water partition coefficient (Wildman–Crippen LogP) is -6.88. The van der Waals surface area contributed by atoms with Crippen LogP contribution in [0.25, 0.3) is 0 Å². The maximum Gasteiger partial charge on any atom is 0.326 e. The van der Waals surface area contributed by atoms with E-state index in [9.17, 15) is 96.5 Å². The third-order valence-corrected chi connectivity index (χ3v) is 20.2. The minimum atomic E-state index is -1.55. The van der Waals surface area contributed by atoms with Crippen molar-refractivity contribution in [1.29, 1.82) is 5.41 Å². The second kappa shape index (κ2) is 50.8. The number of aliphatic carboxylic acids is 2. The zero-order valence-corrected chi connectivity index (χ0v) is 67.7. The number of likely N-dealkylation sites (tertiary alicyclic amines) is 3. The van der Waals surface area contributed by atoms with Crippen molar-refractivity contribution in [2.45, 2.75) is 287 Å². The van der Waals surface area contributed by atoms with E-state index in [1.165, 1.54) is 35.5 Å². The number of carboxylic acids is 2. The molecule has 0 saturated carbocycles. The Hall–Kier alpha value is -10.4. The van der Waals surface area contributed by atoms with Gasteiger partial charge in [0, 0.05) is 45.4 Å². The van der Waals surface area contributed by atoms with E-state index in [0.717, 1.165) is 0 Å². The molecule has 0 spiro atoms. The molecule has 3 saturated heterocycles. The Morgan fingerprint density at radius 1 is 0.371 bits per heavy atom. The van der Waals surface area contributed by atoms with Gasteiger partial charge in [-0.1, -0.05) is 34.1 Å². The summed E-state index contributed by atoms with van der Waals surface area (Å²) >= 11 is 0. The highest BCUT2D eigenvalue weighted by atomic mass is 16.4. The Bertz CT molecular complexity index is 3420. The van der Waals surface area contributed by atoms with Gasteiger partial charge >= 0.3 is 11.9 Å². The largest absolute Gasteiger partial charge is 0.481 e. The highest BCUT2D eigenvalue weighted by Gasteiger charge is 2.45. The van der Waals surface area contributed by atoms with Crippen molar-refractivity contribution < 1.29 is 96.5 Å². The molecule has 654 valence electrons. The fourth-order valence-corrected chi connectivity index (χ4v) is 13.4. The third kappa shape index (κ3) is 33.4. The quantitative estimate of drug-likeness (QED) is 0.0153. The van der Waals surface area contributed by atoms with Crippen LogP contribution in [0, 0.1) is 17.2 Å². The highest BCUT2D eigenvalue weighted by Crippen LogP contribution is 2.26. The number of carboxylic acid groups (broad SMARTS) is 2. The normalized spacial score (nSPS) is 18.3. The number of hydrogen-bond acceptors (Lipinski definition) is 23. The molecule has 116 heavy (non-hydrogen) atoms. The van der Waals surface area contributed by atoms with Crippen molar-refractivity contribution in [1.82, 2.24) is 78.5 Å². The van der Waals surface area contributed by atoms with Gasteiger partial charge < -0.3 is 129 Å². The van der Waals surface area contributed by atoms with E-state index in [-0.39, 0.29) is 136 Å². The average molecular weight is 1650 g/mol. The van der Waals surface area contributed by atoms with Crippen LogP contribution in [0.1, 0.15) is 196 Å². The maximum atomic E-state index is 14.8. The Kier molecular flexibility index (Phi) is 43.7. The first-order valence-corrected chi connectivity index (χ1v) is 39.9. The van der Waals surface area contributed by atoms with Crippen LogP contribution < -0.4 is 104 Å². The lowest BCUT2D eigenvalue weighted by atomic mass is 10.0. The van der Waals surface area contributed by atoms with Crippen molar-refractivity contribution in [3.63, 3.8) is 0 Å². The van der Waals surface area contributed by atoms with Crippen LogP contribution >= 0.6 is 0 Å². The molecule has 3 aliphatic rings. The van der Waals surface area contributed by atoms with E-state index in [1.807, 2.05) is 0 Å².